The van der Waals surface area contributed by atoms with Crippen molar-refractivity contribution in [2.24, 2.45) is 0 Å². The van der Waals surface area contributed by atoms with Gasteiger partial charge in [-0.2, -0.15) is 0 Å². The summed E-state index contributed by atoms with van der Waals surface area (Å²) in [5, 5.41) is 2.72. The lowest BCUT2D eigenvalue weighted by Gasteiger charge is -2.12. The number of rotatable bonds is 4. The smallest absolute Gasteiger partial charge is 0.262 e. The molecule has 0 saturated carbocycles. The van der Waals surface area contributed by atoms with Crippen LogP contribution in [0, 0.1) is 13.8 Å². The van der Waals surface area contributed by atoms with Gasteiger partial charge in [0.25, 0.3) is 5.91 Å². The zero-order chi connectivity index (χ0) is 14.5. The second kappa shape index (κ2) is 6.52. The van der Waals surface area contributed by atoms with E-state index in [1.165, 1.54) is 0 Å². The zero-order valence-corrected chi connectivity index (χ0v) is 12.9. The first-order valence-electron chi connectivity index (χ1n) is 6.15. The molecule has 5 heteroatoms. The van der Waals surface area contributed by atoms with Crippen LogP contribution in [0.3, 0.4) is 0 Å². The molecular weight excluding hydrogens is 320 g/mol. The van der Waals surface area contributed by atoms with E-state index < -0.39 is 0 Å². The molecule has 4 nitrogen and oxygen atoms in total. The highest BCUT2D eigenvalue weighted by Gasteiger charge is 2.09. The number of carbonyl (C=O) groups is 1. The number of amides is 1. The van der Waals surface area contributed by atoms with Crippen molar-refractivity contribution in [1.82, 2.24) is 4.98 Å². The van der Waals surface area contributed by atoms with Crippen LogP contribution in [0.15, 0.2) is 41.1 Å². The highest BCUT2D eigenvalue weighted by Crippen LogP contribution is 2.30. The third kappa shape index (κ3) is 3.81. The standard InChI is InChI=1S/C15H15BrN2O2/c1-10-6-11(2)15(13(16)7-10)20-9-14(19)18-12-4-3-5-17-8-12/h3-8H,9H2,1-2H3,(H,18,19). The van der Waals surface area contributed by atoms with Crippen molar-refractivity contribution in [2.75, 3.05) is 11.9 Å². The second-order valence-electron chi connectivity index (χ2n) is 4.47. The van der Waals surface area contributed by atoms with E-state index in [0.29, 0.717) is 11.4 Å². The second-order valence-corrected chi connectivity index (χ2v) is 5.33. The Hall–Kier alpha value is -1.88. The molecule has 0 fully saturated rings. The van der Waals surface area contributed by atoms with Crippen LogP contribution in [0.25, 0.3) is 0 Å². The molecule has 0 aliphatic carbocycles. The molecule has 2 rings (SSSR count). The molecule has 2 aromatic rings. The van der Waals surface area contributed by atoms with Gasteiger partial charge in [0, 0.05) is 6.20 Å². The molecule has 0 radical (unpaired) electrons. The fraction of sp³-hybridized carbons (Fsp3) is 0.200. The number of aromatic nitrogens is 1. The van der Waals surface area contributed by atoms with Crippen molar-refractivity contribution >= 4 is 27.5 Å². The molecule has 0 aliphatic heterocycles. The summed E-state index contributed by atoms with van der Waals surface area (Å²) in [4.78, 5) is 15.7. The number of hydrogen-bond donors (Lipinski definition) is 1. The van der Waals surface area contributed by atoms with Gasteiger partial charge in [-0.1, -0.05) is 6.07 Å². The number of nitrogens with one attached hydrogen (secondary N) is 1. The highest BCUT2D eigenvalue weighted by molar-refractivity contribution is 9.10. The van der Waals surface area contributed by atoms with Gasteiger partial charge in [0.05, 0.1) is 16.4 Å². The summed E-state index contributed by atoms with van der Waals surface area (Å²) in [6, 6.07) is 7.51. The summed E-state index contributed by atoms with van der Waals surface area (Å²) in [6.45, 7) is 3.92. The molecular formula is C15H15BrN2O2. The zero-order valence-electron chi connectivity index (χ0n) is 11.3. The molecule has 1 aromatic heterocycles. The molecule has 1 aromatic carbocycles. The Morgan fingerprint density at radius 1 is 1.40 bits per heavy atom. The summed E-state index contributed by atoms with van der Waals surface area (Å²) < 4.78 is 6.43. The number of halogens is 1. The highest BCUT2D eigenvalue weighted by atomic mass is 79.9. The summed E-state index contributed by atoms with van der Waals surface area (Å²) >= 11 is 3.45. The van der Waals surface area contributed by atoms with Crippen LogP contribution < -0.4 is 10.1 Å². The lowest BCUT2D eigenvalue weighted by molar-refractivity contribution is -0.118. The molecule has 0 aliphatic rings. The Kier molecular flexibility index (Phi) is 4.74. The van der Waals surface area contributed by atoms with E-state index in [2.05, 4.69) is 26.2 Å². The summed E-state index contributed by atoms with van der Waals surface area (Å²) in [5.74, 6) is 0.474. The van der Waals surface area contributed by atoms with E-state index in [9.17, 15) is 4.79 Å². The molecule has 0 unspecified atom stereocenters. The molecule has 104 valence electrons. The SMILES string of the molecule is Cc1cc(C)c(OCC(=O)Nc2cccnc2)c(Br)c1. The first kappa shape index (κ1) is 14.5. The predicted molar refractivity (Wildman–Crippen MR) is 82.0 cm³/mol. The topological polar surface area (TPSA) is 51.2 Å². The van der Waals surface area contributed by atoms with Crippen LogP contribution >= 0.6 is 15.9 Å². The van der Waals surface area contributed by atoms with Gasteiger partial charge in [-0.25, -0.2) is 0 Å². The van der Waals surface area contributed by atoms with Crippen LogP contribution in [-0.4, -0.2) is 17.5 Å². The van der Waals surface area contributed by atoms with Gasteiger partial charge in [0.1, 0.15) is 5.75 Å². The number of nitrogens with zero attached hydrogens (tertiary/aromatic N) is 1. The molecule has 0 bridgehead atoms. The number of benzene rings is 1. The Bertz CT molecular complexity index is 592. The maximum atomic E-state index is 11.8. The van der Waals surface area contributed by atoms with E-state index >= 15 is 0 Å². The monoisotopic (exact) mass is 334 g/mol. The molecule has 0 spiro atoms. The molecule has 0 saturated heterocycles. The first-order valence-corrected chi connectivity index (χ1v) is 6.95. The van der Waals surface area contributed by atoms with Crippen LogP contribution in [0.1, 0.15) is 11.1 Å². The Balaban J connectivity index is 1.97. The number of aryl methyl sites for hydroxylation is 2. The quantitative estimate of drug-likeness (QED) is 0.931. The first-order chi connectivity index (χ1) is 9.56. The summed E-state index contributed by atoms with van der Waals surface area (Å²) in [6.07, 6.45) is 3.24. The summed E-state index contributed by atoms with van der Waals surface area (Å²) in [5.41, 5.74) is 2.79. The van der Waals surface area contributed by atoms with E-state index in [0.717, 1.165) is 15.6 Å². The van der Waals surface area contributed by atoms with Gasteiger partial charge in [0.15, 0.2) is 6.61 Å². The van der Waals surface area contributed by atoms with E-state index in [1.54, 1.807) is 24.5 Å². The third-order valence-electron chi connectivity index (χ3n) is 2.67. The number of carbonyl (C=O) groups excluding carboxylic acids is 1. The van der Waals surface area contributed by atoms with Crippen molar-refractivity contribution in [3.8, 4) is 5.75 Å². The Morgan fingerprint density at radius 3 is 2.85 bits per heavy atom. The van der Waals surface area contributed by atoms with Crippen molar-refractivity contribution < 1.29 is 9.53 Å². The van der Waals surface area contributed by atoms with Gasteiger partial charge in [-0.05, 0) is 59.1 Å². The fourth-order valence-electron chi connectivity index (χ4n) is 1.86. The molecule has 20 heavy (non-hydrogen) atoms. The molecule has 1 heterocycles. The van der Waals surface area contributed by atoms with Crippen LogP contribution in [0.5, 0.6) is 5.75 Å². The maximum Gasteiger partial charge on any atom is 0.262 e. The molecule has 0 atom stereocenters. The van der Waals surface area contributed by atoms with Crippen LogP contribution in [-0.2, 0) is 4.79 Å². The van der Waals surface area contributed by atoms with E-state index in [-0.39, 0.29) is 12.5 Å². The minimum absolute atomic E-state index is 0.0443. The lowest BCUT2D eigenvalue weighted by Crippen LogP contribution is -2.20. The van der Waals surface area contributed by atoms with Gasteiger partial charge in [0.2, 0.25) is 0 Å². The number of pyridine rings is 1. The maximum absolute atomic E-state index is 11.8. The van der Waals surface area contributed by atoms with Crippen LogP contribution in [0.4, 0.5) is 5.69 Å². The largest absolute Gasteiger partial charge is 0.482 e. The summed E-state index contributed by atoms with van der Waals surface area (Å²) in [7, 11) is 0. The number of hydrogen-bond acceptors (Lipinski definition) is 3. The Morgan fingerprint density at radius 2 is 2.20 bits per heavy atom. The molecule has 1 N–H and O–H groups in total. The van der Waals surface area contributed by atoms with Crippen molar-refractivity contribution in [1.29, 1.82) is 0 Å². The van der Waals surface area contributed by atoms with Crippen molar-refractivity contribution in [3.63, 3.8) is 0 Å². The van der Waals surface area contributed by atoms with Gasteiger partial charge >= 0.3 is 0 Å². The predicted octanol–water partition coefficient (Wildman–Crippen LogP) is 3.48. The average molecular weight is 335 g/mol. The Labute approximate surface area is 126 Å². The van der Waals surface area contributed by atoms with Gasteiger partial charge in [-0.3, -0.25) is 9.78 Å². The van der Waals surface area contributed by atoms with Crippen molar-refractivity contribution in [2.45, 2.75) is 13.8 Å². The minimum atomic E-state index is -0.218. The average Bonchev–Trinajstić information content (AvgIpc) is 2.38. The fourth-order valence-corrected chi connectivity index (χ4v) is 2.65. The van der Waals surface area contributed by atoms with Gasteiger partial charge in [-0.15, -0.1) is 0 Å². The van der Waals surface area contributed by atoms with Crippen LogP contribution in [0.2, 0.25) is 0 Å². The van der Waals surface area contributed by atoms with E-state index in [1.807, 2.05) is 26.0 Å². The third-order valence-corrected chi connectivity index (χ3v) is 3.26. The number of ether oxygens (including phenoxy) is 1. The lowest BCUT2D eigenvalue weighted by atomic mass is 10.1. The minimum Gasteiger partial charge on any atom is -0.482 e. The van der Waals surface area contributed by atoms with E-state index in [4.69, 9.17) is 4.74 Å². The normalized spacial score (nSPS) is 10.2. The van der Waals surface area contributed by atoms with Crippen molar-refractivity contribution in [3.05, 3.63) is 52.3 Å². The molecule has 1 amide bonds. The van der Waals surface area contributed by atoms with Gasteiger partial charge < -0.3 is 10.1 Å². The number of anilines is 1.